The van der Waals surface area contributed by atoms with Crippen molar-refractivity contribution >= 4 is 22.8 Å². The number of carbonyl (C=O) groups excluding carboxylic acids is 2. The zero-order valence-corrected chi connectivity index (χ0v) is 13.9. The summed E-state index contributed by atoms with van der Waals surface area (Å²) in [6.45, 7) is 4.56. The lowest BCUT2D eigenvalue weighted by molar-refractivity contribution is -0.134. The first-order chi connectivity index (χ1) is 11.7. The Hall–Kier alpha value is -2.37. The van der Waals surface area contributed by atoms with Crippen LogP contribution in [0.25, 0.3) is 11.0 Å². The predicted molar refractivity (Wildman–Crippen MR) is 90.7 cm³/mol. The van der Waals surface area contributed by atoms with Crippen molar-refractivity contribution in [3.63, 3.8) is 0 Å². The lowest BCUT2D eigenvalue weighted by Gasteiger charge is -2.35. The minimum absolute atomic E-state index is 0.0306. The van der Waals surface area contributed by atoms with Crippen LogP contribution in [-0.2, 0) is 11.2 Å². The minimum Gasteiger partial charge on any atom is -0.342 e. The van der Waals surface area contributed by atoms with Crippen LogP contribution in [0.1, 0.15) is 35.9 Å². The van der Waals surface area contributed by atoms with Crippen LogP contribution >= 0.6 is 0 Å². The average molecular weight is 326 g/mol. The van der Waals surface area contributed by atoms with Crippen molar-refractivity contribution in [2.75, 3.05) is 26.2 Å². The van der Waals surface area contributed by atoms with Gasteiger partial charge in [-0.05, 0) is 31.0 Å². The Labute approximate surface area is 140 Å². The van der Waals surface area contributed by atoms with Gasteiger partial charge in [-0.3, -0.25) is 9.59 Å². The number of hydrogen-bond donors (Lipinski definition) is 1. The second-order valence-corrected chi connectivity index (χ2v) is 6.66. The molecule has 6 nitrogen and oxygen atoms in total. The highest BCUT2D eigenvalue weighted by molar-refractivity contribution is 5.97. The molecule has 1 saturated carbocycles. The lowest BCUT2D eigenvalue weighted by Crippen LogP contribution is -2.51. The van der Waals surface area contributed by atoms with Crippen LogP contribution in [-0.4, -0.2) is 57.8 Å². The Kier molecular flexibility index (Phi) is 3.75. The number of rotatable bonds is 3. The Morgan fingerprint density at radius 2 is 1.88 bits per heavy atom. The molecule has 4 rings (SSSR count). The fraction of sp³-hybridized carbons (Fsp3) is 0.500. The summed E-state index contributed by atoms with van der Waals surface area (Å²) in [5.74, 6) is 1.49. The highest BCUT2D eigenvalue weighted by Gasteiger charge is 2.35. The number of hydrogen-bond acceptors (Lipinski definition) is 3. The molecule has 1 aromatic carbocycles. The number of imidazole rings is 1. The minimum atomic E-state index is 0.0306. The maximum Gasteiger partial charge on any atom is 0.254 e. The molecule has 0 atom stereocenters. The van der Waals surface area contributed by atoms with E-state index in [0.717, 1.165) is 36.1 Å². The largest absolute Gasteiger partial charge is 0.342 e. The summed E-state index contributed by atoms with van der Waals surface area (Å²) in [6.07, 6.45) is 2.90. The van der Waals surface area contributed by atoms with Gasteiger partial charge in [0.1, 0.15) is 5.82 Å². The molecule has 2 fully saturated rings. The molecular weight excluding hydrogens is 304 g/mol. The van der Waals surface area contributed by atoms with Crippen LogP contribution in [0.2, 0.25) is 0 Å². The molecule has 2 amide bonds. The SMILES string of the molecule is CCc1nc2ccc(C(=O)N3CCN(C(=O)C4CC4)CC3)cc2[nH]1. The third-order valence-corrected chi connectivity index (χ3v) is 4.92. The van der Waals surface area contributed by atoms with E-state index in [-0.39, 0.29) is 17.7 Å². The van der Waals surface area contributed by atoms with Crippen molar-refractivity contribution in [1.29, 1.82) is 0 Å². The number of aromatic nitrogens is 2. The summed E-state index contributed by atoms with van der Waals surface area (Å²) in [7, 11) is 0. The van der Waals surface area contributed by atoms with Gasteiger partial charge in [0.05, 0.1) is 11.0 Å². The van der Waals surface area contributed by atoms with Gasteiger partial charge < -0.3 is 14.8 Å². The summed E-state index contributed by atoms with van der Waals surface area (Å²) in [5, 5.41) is 0. The molecule has 2 heterocycles. The molecule has 1 N–H and O–H groups in total. The molecule has 2 aliphatic rings. The van der Waals surface area contributed by atoms with Gasteiger partial charge in [-0.1, -0.05) is 6.92 Å². The molecule has 0 unspecified atom stereocenters. The normalized spacial score (nSPS) is 18.2. The molecule has 24 heavy (non-hydrogen) atoms. The summed E-state index contributed by atoms with van der Waals surface area (Å²) in [4.78, 5) is 36.3. The number of amides is 2. The standard InChI is InChI=1S/C18H22N4O2/c1-2-16-19-14-6-5-13(11-15(14)20-16)18(24)22-9-7-21(8-10-22)17(23)12-3-4-12/h5-6,11-12H,2-4,7-10H2,1H3,(H,19,20). The second kappa shape index (κ2) is 5.92. The summed E-state index contributed by atoms with van der Waals surface area (Å²) >= 11 is 0. The number of fused-ring (bicyclic) bond motifs is 1. The van der Waals surface area contributed by atoms with E-state index in [0.29, 0.717) is 31.7 Å². The van der Waals surface area contributed by atoms with Gasteiger partial charge in [0.15, 0.2) is 0 Å². The summed E-state index contributed by atoms with van der Waals surface area (Å²) < 4.78 is 0. The monoisotopic (exact) mass is 326 g/mol. The van der Waals surface area contributed by atoms with Gasteiger partial charge in [0, 0.05) is 44.1 Å². The third kappa shape index (κ3) is 2.77. The highest BCUT2D eigenvalue weighted by Crippen LogP contribution is 2.31. The van der Waals surface area contributed by atoms with Gasteiger partial charge >= 0.3 is 0 Å². The fourth-order valence-electron chi connectivity index (χ4n) is 3.26. The van der Waals surface area contributed by atoms with Gasteiger partial charge in [-0.25, -0.2) is 4.98 Å². The zero-order chi connectivity index (χ0) is 16.7. The van der Waals surface area contributed by atoms with Crippen LogP contribution in [0.5, 0.6) is 0 Å². The van der Waals surface area contributed by atoms with Gasteiger partial charge in [-0.15, -0.1) is 0 Å². The number of nitrogens with one attached hydrogen (secondary N) is 1. The van der Waals surface area contributed by atoms with Crippen molar-refractivity contribution in [3.8, 4) is 0 Å². The maximum atomic E-state index is 12.7. The van der Waals surface area contributed by atoms with E-state index in [4.69, 9.17) is 0 Å². The second-order valence-electron chi connectivity index (χ2n) is 6.66. The van der Waals surface area contributed by atoms with E-state index in [1.165, 1.54) is 0 Å². The third-order valence-electron chi connectivity index (χ3n) is 4.92. The Balaban J connectivity index is 1.45. The van der Waals surface area contributed by atoms with Crippen LogP contribution in [0.4, 0.5) is 0 Å². The molecule has 0 bridgehead atoms. The topological polar surface area (TPSA) is 69.3 Å². The zero-order valence-electron chi connectivity index (χ0n) is 13.9. The molecular formula is C18H22N4O2. The number of aryl methyl sites for hydroxylation is 1. The Morgan fingerprint density at radius 1 is 1.17 bits per heavy atom. The van der Waals surface area contributed by atoms with E-state index in [1.54, 1.807) is 0 Å². The molecule has 2 aromatic rings. The van der Waals surface area contributed by atoms with Gasteiger partial charge in [0.25, 0.3) is 5.91 Å². The van der Waals surface area contributed by atoms with E-state index in [2.05, 4.69) is 9.97 Å². The van der Waals surface area contributed by atoms with Crippen LogP contribution in [0.15, 0.2) is 18.2 Å². The quantitative estimate of drug-likeness (QED) is 0.935. The van der Waals surface area contributed by atoms with Crippen LogP contribution in [0.3, 0.4) is 0 Å². The number of aromatic amines is 1. The van der Waals surface area contributed by atoms with Gasteiger partial charge in [0.2, 0.25) is 5.91 Å². The van der Waals surface area contributed by atoms with E-state index < -0.39 is 0 Å². The summed E-state index contributed by atoms with van der Waals surface area (Å²) in [5.41, 5.74) is 2.47. The van der Waals surface area contributed by atoms with Crippen molar-refractivity contribution in [3.05, 3.63) is 29.6 Å². The molecule has 6 heteroatoms. The number of H-pyrrole nitrogens is 1. The first kappa shape index (κ1) is 15.2. The van der Waals surface area contributed by atoms with Gasteiger partial charge in [-0.2, -0.15) is 0 Å². The van der Waals surface area contributed by atoms with Crippen molar-refractivity contribution in [2.24, 2.45) is 5.92 Å². The molecule has 0 radical (unpaired) electrons. The summed E-state index contributed by atoms with van der Waals surface area (Å²) in [6, 6.07) is 5.61. The van der Waals surface area contributed by atoms with Crippen LogP contribution < -0.4 is 0 Å². The van der Waals surface area contributed by atoms with E-state index in [9.17, 15) is 9.59 Å². The first-order valence-corrected chi connectivity index (χ1v) is 8.72. The molecule has 0 spiro atoms. The molecule has 1 saturated heterocycles. The van der Waals surface area contributed by atoms with Crippen molar-refractivity contribution in [2.45, 2.75) is 26.2 Å². The first-order valence-electron chi connectivity index (χ1n) is 8.72. The fourth-order valence-corrected chi connectivity index (χ4v) is 3.26. The molecule has 1 aromatic heterocycles. The Bertz CT molecular complexity index is 785. The predicted octanol–water partition coefficient (Wildman–Crippen LogP) is 1.82. The lowest BCUT2D eigenvalue weighted by atomic mass is 10.1. The smallest absolute Gasteiger partial charge is 0.254 e. The van der Waals surface area contributed by atoms with Crippen molar-refractivity contribution in [1.82, 2.24) is 19.8 Å². The van der Waals surface area contributed by atoms with Crippen molar-refractivity contribution < 1.29 is 9.59 Å². The van der Waals surface area contributed by atoms with E-state index in [1.807, 2.05) is 34.9 Å². The van der Waals surface area contributed by atoms with E-state index >= 15 is 0 Å². The number of benzene rings is 1. The number of piperazine rings is 1. The van der Waals surface area contributed by atoms with Crippen LogP contribution in [0, 0.1) is 5.92 Å². The maximum absolute atomic E-state index is 12.7. The number of carbonyl (C=O) groups is 2. The molecule has 1 aliphatic carbocycles. The molecule has 126 valence electrons. The Morgan fingerprint density at radius 3 is 2.54 bits per heavy atom. The highest BCUT2D eigenvalue weighted by atomic mass is 16.2. The number of nitrogens with zero attached hydrogens (tertiary/aromatic N) is 3. The molecule has 1 aliphatic heterocycles. The average Bonchev–Trinajstić information content (AvgIpc) is 3.39.